The van der Waals surface area contributed by atoms with Crippen molar-refractivity contribution in [1.82, 2.24) is 5.32 Å². The molecule has 0 spiro atoms. The number of hydrogen-bond acceptors (Lipinski definition) is 2. The number of fused-ring (bicyclic) bond motifs is 1. The van der Waals surface area contributed by atoms with Gasteiger partial charge in [-0.1, -0.05) is 37.1 Å². The van der Waals surface area contributed by atoms with Crippen LogP contribution in [0.5, 0.6) is 0 Å². The first-order valence-electron chi connectivity index (χ1n) is 7.24. The normalized spacial score (nSPS) is 31.9. The first-order chi connectivity index (χ1) is 8.90. The molecular weight excluding hydrogens is 222 g/mol. The van der Waals surface area contributed by atoms with Crippen LogP contribution in [0.2, 0.25) is 0 Å². The summed E-state index contributed by atoms with van der Waals surface area (Å²) in [6.07, 6.45) is 6.79. The molecule has 18 heavy (non-hydrogen) atoms. The Bertz CT molecular complexity index is 404. The van der Waals surface area contributed by atoms with Crippen LogP contribution in [0.3, 0.4) is 0 Å². The topological polar surface area (TPSA) is 21.3 Å². The minimum atomic E-state index is 0.433. The number of methoxy groups -OCH3 is 1. The van der Waals surface area contributed by atoms with Gasteiger partial charge >= 0.3 is 0 Å². The summed E-state index contributed by atoms with van der Waals surface area (Å²) in [5, 5.41) is 3.73. The highest BCUT2D eigenvalue weighted by molar-refractivity contribution is 5.33. The van der Waals surface area contributed by atoms with Crippen molar-refractivity contribution in [3.8, 4) is 0 Å². The van der Waals surface area contributed by atoms with Gasteiger partial charge in [0.25, 0.3) is 0 Å². The van der Waals surface area contributed by atoms with E-state index in [1.165, 1.54) is 36.8 Å². The molecule has 3 atom stereocenters. The molecule has 1 aliphatic heterocycles. The summed E-state index contributed by atoms with van der Waals surface area (Å²) >= 11 is 0. The molecule has 1 aliphatic carbocycles. The Labute approximate surface area is 110 Å². The molecule has 1 aromatic rings. The standard InChI is InChI=1S/C16H23NO/c1-18-15-9-5-4-8-14(15)16-13-7-3-2-6-12(13)10-11-17-16/h2-3,6-7,14-17H,4-5,8-11H2,1H3/t14?,15?,16-/m0/s1. The van der Waals surface area contributed by atoms with Gasteiger partial charge in [-0.3, -0.25) is 0 Å². The highest BCUT2D eigenvalue weighted by Gasteiger charge is 2.34. The van der Waals surface area contributed by atoms with Crippen LogP contribution < -0.4 is 5.32 Å². The molecule has 98 valence electrons. The monoisotopic (exact) mass is 245 g/mol. The Balaban J connectivity index is 1.88. The molecule has 2 nitrogen and oxygen atoms in total. The first-order valence-corrected chi connectivity index (χ1v) is 7.24. The van der Waals surface area contributed by atoms with Crippen molar-refractivity contribution in [2.45, 2.75) is 44.2 Å². The van der Waals surface area contributed by atoms with Gasteiger partial charge in [0.15, 0.2) is 0 Å². The van der Waals surface area contributed by atoms with E-state index in [4.69, 9.17) is 4.74 Å². The lowest BCUT2D eigenvalue weighted by Gasteiger charge is -2.39. The van der Waals surface area contributed by atoms with Gasteiger partial charge in [0.05, 0.1) is 6.10 Å². The van der Waals surface area contributed by atoms with Gasteiger partial charge in [0.1, 0.15) is 0 Å². The average Bonchev–Trinajstić information content (AvgIpc) is 2.46. The quantitative estimate of drug-likeness (QED) is 0.864. The number of rotatable bonds is 2. The third-order valence-corrected chi connectivity index (χ3v) is 4.63. The molecule has 1 heterocycles. The van der Waals surface area contributed by atoms with Gasteiger partial charge in [-0.15, -0.1) is 0 Å². The van der Waals surface area contributed by atoms with Crippen molar-refractivity contribution in [1.29, 1.82) is 0 Å². The Hall–Kier alpha value is -0.860. The third-order valence-electron chi connectivity index (χ3n) is 4.63. The first kappa shape index (κ1) is 12.2. The van der Waals surface area contributed by atoms with Gasteiger partial charge < -0.3 is 10.1 Å². The second-order valence-corrected chi connectivity index (χ2v) is 5.60. The van der Waals surface area contributed by atoms with E-state index in [1.54, 1.807) is 0 Å². The van der Waals surface area contributed by atoms with E-state index >= 15 is 0 Å². The lowest BCUT2D eigenvalue weighted by Crippen LogP contribution is -2.41. The Morgan fingerprint density at radius 3 is 2.89 bits per heavy atom. The summed E-state index contributed by atoms with van der Waals surface area (Å²) in [6, 6.07) is 9.42. The van der Waals surface area contributed by atoms with Gasteiger partial charge in [0.2, 0.25) is 0 Å². The molecule has 0 amide bonds. The largest absolute Gasteiger partial charge is 0.381 e. The van der Waals surface area contributed by atoms with E-state index in [-0.39, 0.29) is 0 Å². The molecule has 3 rings (SSSR count). The van der Waals surface area contributed by atoms with Crippen LogP contribution in [0.15, 0.2) is 24.3 Å². The zero-order valence-electron chi connectivity index (χ0n) is 11.2. The summed E-state index contributed by atoms with van der Waals surface area (Å²) in [5.41, 5.74) is 3.04. The predicted molar refractivity (Wildman–Crippen MR) is 73.6 cm³/mol. The van der Waals surface area contributed by atoms with Gasteiger partial charge in [0, 0.05) is 19.1 Å². The summed E-state index contributed by atoms with van der Waals surface area (Å²) < 4.78 is 5.73. The van der Waals surface area contributed by atoms with E-state index in [0.29, 0.717) is 18.1 Å². The number of benzene rings is 1. The fraction of sp³-hybridized carbons (Fsp3) is 0.625. The van der Waals surface area contributed by atoms with Crippen molar-refractivity contribution in [3.05, 3.63) is 35.4 Å². The van der Waals surface area contributed by atoms with Gasteiger partial charge in [-0.25, -0.2) is 0 Å². The smallest absolute Gasteiger partial charge is 0.0617 e. The Kier molecular flexibility index (Phi) is 3.67. The van der Waals surface area contributed by atoms with E-state index in [0.717, 1.165) is 13.0 Å². The highest BCUT2D eigenvalue weighted by atomic mass is 16.5. The minimum absolute atomic E-state index is 0.433. The van der Waals surface area contributed by atoms with Crippen LogP contribution in [0.25, 0.3) is 0 Å². The predicted octanol–water partition coefficient (Wildman–Crippen LogP) is 3.08. The van der Waals surface area contributed by atoms with Crippen molar-refractivity contribution in [2.24, 2.45) is 5.92 Å². The summed E-state index contributed by atoms with van der Waals surface area (Å²) in [5.74, 6) is 0.644. The van der Waals surface area contributed by atoms with Crippen LogP contribution in [0.4, 0.5) is 0 Å². The molecule has 0 aromatic heterocycles. The van der Waals surface area contributed by atoms with Crippen molar-refractivity contribution in [2.75, 3.05) is 13.7 Å². The molecule has 2 aliphatic rings. The van der Waals surface area contributed by atoms with E-state index in [1.807, 2.05) is 7.11 Å². The van der Waals surface area contributed by atoms with E-state index < -0.39 is 0 Å². The van der Waals surface area contributed by atoms with Crippen LogP contribution in [-0.4, -0.2) is 19.8 Å². The van der Waals surface area contributed by atoms with Crippen LogP contribution in [0.1, 0.15) is 42.9 Å². The molecule has 2 heteroatoms. The molecular formula is C16H23NO. The second-order valence-electron chi connectivity index (χ2n) is 5.60. The summed E-state index contributed by atoms with van der Waals surface area (Å²) in [4.78, 5) is 0. The Morgan fingerprint density at radius 2 is 2.00 bits per heavy atom. The molecule has 1 aromatic carbocycles. The second kappa shape index (κ2) is 5.41. The van der Waals surface area contributed by atoms with Crippen LogP contribution >= 0.6 is 0 Å². The minimum Gasteiger partial charge on any atom is -0.381 e. The van der Waals surface area contributed by atoms with Crippen LogP contribution in [0, 0.1) is 5.92 Å². The molecule has 1 saturated carbocycles. The van der Waals surface area contributed by atoms with Gasteiger partial charge in [-0.2, -0.15) is 0 Å². The zero-order chi connectivity index (χ0) is 12.4. The van der Waals surface area contributed by atoms with Crippen molar-refractivity contribution < 1.29 is 4.74 Å². The van der Waals surface area contributed by atoms with Crippen molar-refractivity contribution in [3.63, 3.8) is 0 Å². The van der Waals surface area contributed by atoms with Gasteiger partial charge in [-0.05, 0) is 36.9 Å². The summed E-state index contributed by atoms with van der Waals surface area (Å²) in [6.45, 7) is 1.11. The average molecular weight is 245 g/mol. The molecule has 1 fully saturated rings. The number of nitrogens with one attached hydrogen (secondary N) is 1. The lowest BCUT2D eigenvalue weighted by molar-refractivity contribution is 0.00646. The molecule has 1 N–H and O–H groups in total. The highest BCUT2D eigenvalue weighted by Crippen LogP contribution is 2.38. The lowest BCUT2D eigenvalue weighted by atomic mass is 9.76. The number of hydrogen-bond donors (Lipinski definition) is 1. The fourth-order valence-electron chi connectivity index (χ4n) is 3.72. The SMILES string of the molecule is COC1CCCCC1[C@H]1NCCc2ccccc21. The maximum atomic E-state index is 5.73. The van der Waals surface area contributed by atoms with Crippen LogP contribution in [-0.2, 0) is 11.2 Å². The van der Waals surface area contributed by atoms with Crippen molar-refractivity contribution >= 4 is 0 Å². The van der Waals surface area contributed by atoms with E-state index in [9.17, 15) is 0 Å². The Morgan fingerprint density at radius 1 is 1.17 bits per heavy atom. The van der Waals surface area contributed by atoms with E-state index in [2.05, 4.69) is 29.6 Å². The molecule has 0 saturated heterocycles. The molecule has 2 unspecified atom stereocenters. The maximum absolute atomic E-state index is 5.73. The molecule has 0 bridgehead atoms. The third kappa shape index (κ3) is 2.19. The number of ether oxygens (including phenoxy) is 1. The fourth-order valence-corrected chi connectivity index (χ4v) is 3.72. The summed E-state index contributed by atoms with van der Waals surface area (Å²) in [7, 11) is 1.87. The zero-order valence-corrected chi connectivity index (χ0v) is 11.2. The maximum Gasteiger partial charge on any atom is 0.0617 e. The molecule has 0 radical (unpaired) electrons.